The Hall–Kier alpha value is -1.68. The molecule has 17 heavy (non-hydrogen) atoms. The summed E-state index contributed by atoms with van der Waals surface area (Å²) in [6, 6.07) is 9.81. The molecule has 92 valence electrons. The van der Waals surface area contributed by atoms with Gasteiger partial charge in [-0.1, -0.05) is 30.3 Å². The number of nitrogens with one attached hydrogen (secondary N) is 1. The summed E-state index contributed by atoms with van der Waals surface area (Å²) in [7, 11) is 0. The molecule has 4 heteroatoms. The lowest BCUT2D eigenvalue weighted by Gasteiger charge is -2.05. The highest BCUT2D eigenvalue weighted by Crippen LogP contribution is 1.99. The van der Waals surface area contributed by atoms with E-state index in [9.17, 15) is 9.59 Å². The van der Waals surface area contributed by atoms with E-state index >= 15 is 0 Å². The molecule has 0 spiro atoms. The van der Waals surface area contributed by atoms with E-state index < -0.39 is 0 Å². The SMILES string of the molecule is CC(=O)CC(=O)NCCOCc1ccccc1. The number of ether oxygens (including phenoxy) is 1. The molecule has 1 N–H and O–H groups in total. The van der Waals surface area contributed by atoms with Crippen LogP contribution in [0.25, 0.3) is 0 Å². The molecule has 0 radical (unpaired) electrons. The lowest BCUT2D eigenvalue weighted by Crippen LogP contribution is -2.28. The van der Waals surface area contributed by atoms with Gasteiger partial charge in [-0.2, -0.15) is 0 Å². The zero-order chi connectivity index (χ0) is 12.5. The van der Waals surface area contributed by atoms with Gasteiger partial charge in [-0.05, 0) is 12.5 Å². The maximum absolute atomic E-state index is 11.1. The molecule has 1 rings (SSSR count). The van der Waals surface area contributed by atoms with Gasteiger partial charge in [0.05, 0.1) is 19.6 Å². The Labute approximate surface area is 101 Å². The largest absolute Gasteiger partial charge is 0.375 e. The monoisotopic (exact) mass is 235 g/mol. The molecule has 0 saturated heterocycles. The Morgan fingerprint density at radius 2 is 1.94 bits per heavy atom. The van der Waals surface area contributed by atoms with Crippen LogP contribution in [0.5, 0.6) is 0 Å². The number of carbonyl (C=O) groups is 2. The van der Waals surface area contributed by atoms with Crippen molar-refractivity contribution >= 4 is 11.7 Å². The Kier molecular flexibility index (Phi) is 5.96. The Morgan fingerprint density at radius 1 is 1.24 bits per heavy atom. The van der Waals surface area contributed by atoms with Crippen molar-refractivity contribution in [2.24, 2.45) is 0 Å². The fourth-order valence-corrected chi connectivity index (χ4v) is 1.32. The van der Waals surface area contributed by atoms with Crippen molar-refractivity contribution in [2.75, 3.05) is 13.2 Å². The molecule has 4 nitrogen and oxygen atoms in total. The maximum atomic E-state index is 11.1. The van der Waals surface area contributed by atoms with E-state index in [1.165, 1.54) is 6.92 Å². The van der Waals surface area contributed by atoms with Gasteiger partial charge in [-0.3, -0.25) is 9.59 Å². The highest BCUT2D eigenvalue weighted by molar-refractivity contribution is 5.96. The molecule has 1 aromatic rings. The van der Waals surface area contributed by atoms with Crippen LogP contribution < -0.4 is 5.32 Å². The number of rotatable bonds is 7. The van der Waals surface area contributed by atoms with Crippen LogP contribution in [0.3, 0.4) is 0 Å². The maximum Gasteiger partial charge on any atom is 0.227 e. The molecule has 0 aromatic heterocycles. The average Bonchev–Trinajstić information content (AvgIpc) is 2.29. The Morgan fingerprint density at radius 3 is 2.59 bits per heavy atom. The van der Waals surface area contributed by atoms with Crippen LogP contribution in [0.4, 0.5) is 0 Å². The summed E-state index contributed by atoms with van der Waals surface area (Å²) in [6.45, 7) is 2.80. The molecule has 1 aromatic carbocycles. The lowest BCUT2D eigenvalue weighted by atomic mass is 10.2. The molecule has 1 amide bonds. The summed E-state index contributed by atoms with van der Waals surface area (Å²) in [6.07, 6.45) is -0.0569. The molecule has 0 fully saturated rings. The molecular weight excluding hydrogens is 218 g/mol. The first-order chi connectivity index (χ1) is 8.18. The number of hydrogen-bond acceptors (Lipinski definition) is 3. The summed E-state index contributed by atoms with van der Waals surface area (Å²) in [5.74, 6) is -0.381. The summed E-state index contributed by atoms with van der Waals surface area (Å²) in [5.41, 5.74) is 1.10. The third-order valence-electron chi connectivity index (χ3n) is 2.09. The van der Waals surface area contributed by atoms with Crippen molar-refractivity contribution in [2.45, 2.75) is 20.0 Å². The second-order valence-corrected chi connectivity index (χ2v) is 3.77. The van der Waals surface area contributed by atoms with Crippen molar-refractivity contribution in [3.8, 4) is 0 Å². The number of carbonyl (C=O) groups excluding carboxylic acids is 2. The zero-order valence-corrected chi connectivity index (χ0v) is 9.94. The van der Waals surface area contributed by atoms with Gasteiger partial charge in [-0.25, -0.2) is 0 Å². The van der Waals surface area contributed by atoms with Crippen LogP contribution in [-0.4, -0.2) is 24.8 Å². The van der Waals surface area contributed by atoms with Gasteiger partial charge in [0.2, 0.25) is 5.91 Å². The number of amides is 1. The first-order valence-corrected chi connectivity index (χ1v) is 5.56. The predicted molar refractivity (Wildman–Crippen MR) is 64.4 cm³/mol. The third kappa shape index (κ3) is 6.48. The van der Waals surface area contributed by atoms with Crippen molar-refractivity contribution < 1.29 is 14.3 Å². The molecule has 0 saturated carbocycles. The number of ketones is 1. The van der Waals surface area contributed by atoms with E-state index in [0.29, 0.717) is 19.8 Å². The topological polar surface area (TPSA) is 55.4 Å². The van der Waals surface area contributed by atoms with E-state index in [1.807, 2.05) is 30.3 Å². The van der Waals surface area contributed by atoms with Gasteiger partial charge >= 0.3 is 0 Å². The molecule has 0 aliphatic rings. The van der Waals surface area contributed by atoms with E-state index in [4.69, 9.17) is 4.74 Å². The molecule has 0 aliphatic heterocycles. The second kappa shape index (κ2) is 7.57. The standard InChI is InChI=1S/C13H17NO3/c1-11(15)9-13(16)14-7-8-17-10-12-5-3-2-4-6-12/h2-6H,7-10H2,1H3,(H,14,16). The number of benzene rings is 1. The second-order valence-electron chi connectivity index (χ2n) is 3.77. The van der Waals surface area contributed by atoms with E-state index in [0.717, 1.165) is 5.56 Å². The highest BCUT2D eigenvalue weighted by atomic mass is 16.5. The van der Waals surface area contributed by atoms with Gasteiger partial charge in [0.25, 0.3) is 0 Å². The van der Waals surface area contributed by atoms with Crippen LogP contribution in [-0.2, 0) is 20.9 Å². The molecule has 0 unspecified atom stereocenters. The normalized spacial score (nSPS) is 9.94. The number of Topliss-reactive ketones (excluding diaryl/α,β-unsaturated/α-hetero) is 1. The van der Waals surface area contributed by atoms with E-state index in [2.05, 4.69) is 5.32 Å². The van der Waals surface area contributed by atoms with Gasteiger partial charge in [0.15, 0.2) is 0 Å². The Bertz CT molecular complexity index is 362. The van der Waals surface area contributed by atoms with Crippen LogP contribution in [0.1, 0.15) is 18.9 Å². The van der Waals surface area contributed by atoms with Crippen molar-refractivity contribution in [3.05, 3.63) is 35.9 Å². The number of hydrogen-bond donors (Lipinski definition) is 1. The van der Waals surface area contributed by atoms with Crippen molar-refractivity contribution in [3.63, 3.8) is 0 Å². The summed E-state index contributed by atoms with van der Waals surface area (Å²) in [5, 5.41) is 2.62. The first kappa shape index (κ1) is 13.4. The summed E-state index contributed by atoms with van der Waals surface area (Å²) < 4.78 is 5.38. The van der Waals surface area contributed by atoms with Crippen LogP contribution in [0, 0.1) is 0 Å². The summed E-state index contributed by atoms with van der Waals surface area (Å²) in [4.78, 5) is 21.7. The lowest BCUT2D eigenvalue weighted by molar-refractivity contribution is -0.127. The van der Waals surface area contributed by atoms with Gasteiger partial charge in [0, 0.05) is 6.54 Å². The molecule has 0 bridgehead atoms. The van der Waals surface area contributed by atoms with E-state index in [1.54, 1.807) is 0 Å². The molecule has 0 heterocycles. The van der Waals surface area contributed by atoms with Gasteiger partial charge in [-0.15, -0.1) is 0 Å². The highest BCUT2D eigenvalue weighted by Gasteiger charge is 2.03. The molecular formula is C13H17NO3. The Balaban J connectivity index is 2.05. The van der Waals surface area contributed by atoms with Crippen LogP contribution in [0.2, 0.25) is 0 Å². The van der Waals surface area contributed by atoms with Gasteiger partial charge < -0.3 is 10.1 Å². The average molecular weight is 235 g/mol. The van der Waals surface area contributed by atoms with Crippen molar-refractivity contribution in [1.29, 1.82) is 0 Å². The predicted octanol–water partition coefficient (Wildman–Crippen LogP) is 1.30. The minimum atomic E-state index is -0.249. The van der Waals surface area contributed by atoms with Crippen LogP contribution >= 0.6 is 0 Å². The molecule has 0 atom stereocenters. The quantitative estimate of drug-likeness (QED) is 0.572. The fraction of sp³-hybridized carbons (Fsp3) is 0.385. The minimum Gasteiger partial charge on any atom is -0.375 e. The van der Waals surface area contributed by atoms with Gasteiger partial charge in [0.1, 0.15) is 5.78 Å². The fourth-order valence-electron chi connectivity index (χ4n) is 1.32. The van der Waals surface area contributed by atoms with Crippen molar-refractivity contribution in [1.82, 2.24) is 5.32 Å². The first-order valence-electron chi connectivity index (χ1n) is 5.56. The smallest absolute Gasteiger partial charge is 0.227 e. The third-order valence-corrected chi connectivity index (χ3v) is 2.09. The zero-order valence-electron chi connectivity index (χ0n) is 9.94. The molecule has 0 aliphatic carbocycles. The summed E-state index contributed by atoms with van der Waals surface area (Å²) >= 11 is 0. The minimum absolute atomic E-state index is 0.0569. The van der Waals surface area contributed by atoms with E-state index in [-0.39, 0.29) is 18.1 Å². The van der Waals surface area contributed by atoms with Crippen LogP contribution in [0.15, 0.2) is 30.3 Å².